The number of benzene rings is 1. The number of amides is 1. The zero-order chi connectivity index (χ0) is 10.8. The van der Waals surface area contributed by atoms with Gasteiger partial charge in [-0.2, -0.15) is 0 Å². The molecule has 0 aliphatic heterocycles. The first-order valence-corrected chi connectivity index (χ1v) is 5.57. The standard InChI is InChI=1S/C13H17NO.H2/c1-9(2)10-3-5-11(6-4-10)13(15)14-12-7-8-12;/h3-6,9,12H,7-8H2,1-2H3,(H,14,15);1H. The summed E-state index contributed by atoms with van der Waals surface area (Å²) in [5.74, 6) is 0.582. The van der Waals surface area contributed by atoms with Crippen molar-refractivity contribution < 1.29 is 6.22 Å². The molecule has 82 valence electrons. The third-order valence-electron chi connectivity index (χ3n) is 2.75. The van der Waals surface area contributed by atoms with E-state index in [1.165, 1.54) is 5.56 Å². The van der Waals surface area contributed by atoms with E-state index in [2.05, 4.69) is 19.2 Å². The van der Waals surface area contributed by atoms with E-state index in [-0.39, 0.29) is 7.33 Å². The number of carbonyl (C=O) groups excluding carboxylic acids is 1. The fourth-order valence-corrected chi connectivity index (χ4v) is 1.52. The SMILES string of the molecule is CC(C)c1ccc(C(=O)NC2CC2)cc1.[HH]. The summed E-state index contributed by atoms with van der Waals surface area (Å²) in [5, 5.41) is 2.98. The van der Waals surface area contributed by atoms with Gasteiger partial charge in [-0.05, 0) is 36.5 Å². The minimum Gasteiger partial charge on any atom is -0.349 e. The molecule has 1 fully saturated rings. The fourth-order valence-electron chi connectivity index (χ4n) is 1.52. The van der Waals surface area contributed by atoms with Crippen LogP contribution in [0.1, 0.15) is 50.0 Å². The summed E-state index contributed by atoms with van der Waals surface area (Å²) in [6, 6.07) is 8.32. The van der Waals surface area contributed by atoms with Crippen molar-refractivity contribution in [2.75, 3.05) is 0 Å². The molecule has 2 nitrogen and oxygen atoms in total. The van der Waals surface area contributed by atoms with Crippen molar-refractivity contribution in [1.82, 2.24) is 5.32 Å². The van der Waals surface area contributed by atoms with Crippen LogP contribution in [-0.2, 0) is 0 Å². The van der Waals surface area contributed by atoms with Crippen LogP contribution in [0, 0.1) is 0 Å². The van der Waals surface area contributed by atoms with Crippen molar-refractivity contribution in [2.45, 2.75) is 38.6 Å². The van der Waals surface area contributed by atoms with Gasteiger partial charge in [0.25, 0.3) is 5.91 Å². The quantitative estimate of drug-likeness (QED) is 0.807. The van der Waals surface area contributed by atoms with Gasteiger partial charge in [0.05, 0.1) is 0 Å². The Morgan fingerprint density at radius 2 is 1.93 bits per heavy atom. The highest BCUT2D eigenvalue weighted by Crippen LogP contribution is 2.20. The maximum absolute atomic E-state index is 11.7. The molecule has 0 heterocycles. The van der Waals surface area contributed by atoms with Crippen LogP contribution < -0.4 is 5.32 Å². The molecule has 1 saturated carbocycles. The van der Waals surface area contributed by atoms with Crippen molar-refractivity contribution in [3.8, 4) is 0 Å². The second kappa shape index (κ2) is 4.05. The van der Waals surface area contributed by atoms with Crippen molar-refractivity contribution in [2.24, 2.45) is 0 Å². The first-order valence-electron chi connectivity index (χ1n) is 5.57. The fraction of sp³-hybridized carbons (Fsp3) is 0.462. The normalized spacial score (nSPS) is 15.4. The van der Waals surface area contributed by atoms with Crippen LogP contribution in [0.3, 0.4) is 0 Å². The predicted molar refractivity (Wildman–Crippen MR) is 63.1 cm³/mol. The first kappa shape index (κ1) is 10.2. The van der Waals surface area contributed by atoms with Crippen LogP contribution in [-0.4, -0.2) is 11.9 Å². The summed E-state index contributed by atoms with van der Waals surface area (Å²) in [4.78, 5) is 11.7. The Morgan fingerprint density at radius 1 is 1.33 bits per heavy atom. The minimum atomic E-state index is 0. The molecule has 1 aromatic carbocycles. The Hall–Kier alpha value is -1.31. The van der Waals surface area contributed by atoms with Crippen molar-refractivity contribution in [1.29, 1.82) is 0 Å². The molecule has 2 heteroatoms. The van der Waals surface area contributed by atoms with Crippen LogP contribution >= 0.6 is 0 Å². The summed E-state index contributed by atoms with van der Waals surface area (Å²) >= 11 is 0. The van der Waals surface area contributed by atoms with E-state index in [0.29, 0.717) is 12.0 Å². The van der Waals surface area contributed by atoms with Gasteiger partial charge in [-0.1, -0.05) is 26.0 Å². The summed E-state index contributed by atoms with van der Waals surface area (Å²) in [7, 11) is 0. The number of nitrogens with one attached hydrogen (secondary N) is 1. The maximum atomic E-state index is 11.7. The second-order valence-corrected chi connectivity index (χ2v) is 4.52. The van der Waals surface area contributed by atoms with Crippen molar-refractivity contribution >= 4 is 5.91 Å². The van der Waals surface area contributed by atoms with Gasteiger partial charge in [0.1, 0.15) is 0 Å². The van der Waals surface area contributed by atoms with E-state index in [9.17, 15) is 4.79 Å². The lowest BCUT2D eigenvalue weighted by molar-refractivity contribution is 0.0951. The number of hydrogen-bond donors (Lipinski definition) is 1. The zero-order valence-electron chi connectivity index (χ0n) is 9.29. The highest BCUT2D eigenvalue weighted by molar-refractivity contribution is 5.94. The Labute approximate surface area is 92.2 Å². The lowest BCUT2D eigenvalue weighted by atomic mass is 10.0. The summed E-state index contributed by atoms with van der Waals surface area (Å²) in [5.41, 5.74) is 2.05. The molecule has 1 amide bonds. The molecule has 0 radical (unpaired) electrons. The van der Waals surface area contributed by atoms with Gasteiger partial charge < -0.3 is 5.32 Å². The molecule has 0 aromatic heterocycles. The van der Waals surface area contributed by atoms with Crippen LogP contribution in [0.25, 0.3) is 0 Å². The maximum Gasteiger partial charge on any atom is 0.251 e. The highest BCUT2D eigenvalue weighted by atomic mass is 16.1. The molecule has 1 N–H and O–H groups in total. The molecule has 0 unspecified atom stereocenters. The van der Waals surface area contributed by atoms with Crippen LogP contribution in [0.5, 0.6) is 0 Å². The second-order valence-electron chi connectivity index (χ2n) is 4.52. The summed E-state index contributed by atoms with van der Waals surface area (Å²) in [6.45, 7) is 4.30. The molecule has 1 aliphatic rings. The third-order valence-corrected chi connectivity index (χ3v) is 2.75. The molecule has 0 spiro atoms. The Bertz CT molecular complexity index is 355. The first-order chi connectivity index (χ1) is 7.16. The molecule has 0 bridgehead atoms. The van der Waals surface area contributed by atoms with Crippen LogP contribution in [0.15, 0.2) is 24.3 Å². The third kappa shape index (κ3) is 2.58. The molecule has 1 aromatic rings. The molecule has 2 rings (SSSR count). The lowest BCUT2D eigenvalue weighted by Gasteiger charge is -2.07. The Kier molecular flexibility index (Phi) is 2.76. The molecule has 1 aliphatic carbocycles. The lowest BCUT2D eigenvalue weighted by Crippen LogP contribution is -2.25. The van der Waals surface area contributed by atoms with Crippen molar-refractivity contribution in [3.63, 3.8) is 0 Å². The van der Waals surface area contributed by atoms with Gasteiger partial charge in [-0.3, -0.25) is 4.79 Å². The van der Waals surface area contributed by atoms with E-state index in [1.807, 2.05) is 24.3 Å². The Balaban J connectivity index is 0.00000128. The smallest absolute Gasteiger partial charge is 0.251 e. The number of carbonyl (C=O) groups is 1. The molecule has 0 saturated heterocycles. The number of hydrogen-bond acceptors (Lipinski definition) is 1. The van der Waals surface area contributed by atoms with Gasteiger partial charge in [0, 0.05) is 13.0 Å². The average Bonchev–Trinajstić information content (AvgIpc) is 3.02. The summed E-state index contributed by atoms with van der Waals surface area (Å²) < 4.78 is 0. The molecular formula is C13H19NO. The summed E-state index contributed by atoms with van der Waals surface area (Å²) in [6.07, 6.45) is 2.27. The average molecular weight is 205 g/mol. The number of rotatable bonds is 3. The van der Waals surface area contributed by atoms with Gasteiger partial charge >= 0.3 is 0 Å². The van der Waals surface area contributed by atoms with Gasteiger partial charge in [0.2, 0.25) is 0 Å². The molecule has 0 atom stereocenters. The Morgan fingerprint density at radius 3 is 2.40 bits per heavy atom. The van der Waals surface area contributed by atoms with Gasteiger partial charge in [0.15, 0.2) is 0 Å². The molecule has 15 heavy (non-hydrogen) atoms. The van der Waals surface area contributed by atoms with Crippen LogP contribution in [0.4, 0.5) is 0 Å². The largest absolute Gasteiger partial charge is 0.349 e. The highest BCUT2D eigenvalue weighted by Gasteiger charge is 2.23. The van der Waals surface area contributed by atoms with Gasteiger partial charge in [-0.15, -0.1) is 0 Å². The van der Waals surface area contributed by atoms with E-state index in [0.717, 1.165) is 18.4 Å². The zero-order valence-corrected chi connectivity index (χ0v) is 9.29. The van der Waals surface area contributed by atoms with E-state index in [1.54, 1.807) is 0 Å². The van der Waals surface area contributed by atoms with Gasteiger partial charge in [-0.25, -0.2) is 0 Å². The van der Waals surface area contributed by atoms with Crippen LogP contribution in [0.2, 0.25) is 0 Å². The topological polar surface area (TPSA) is 29.1 Å². The van der Waals surface area contributed by atoms with E-state index >= 15 is 0 Å². The van der Waals surface area contributed by atoms with Crippen molar-refractivity contribution in [3.05, 3.63) is 35.4 Å². The van der Waals surface area contributed by atoms with E-state index in [4.69, 9.17) is 0 Å². The minimum absolute atomic E-state index is 0. The monoisotopic (exact) mass is 205 g/mol. The predicted octanol–water partition coefficient (Wildman–Crippen LogP) is 2.95. The molecular weight excluding hydrogens is 186 g/mol. The van der Waals surface area contributed by atoms with E-state index < -0.39 is 0 Å².